The second-order valence-corrected chi connectivity index (χ2v) is 8.09. The van der Waals surface area contributed by atoms with E-state index in [0.717, 1.165) is 19.3 Å². The quantitative estimate of drug-likeness (QED) is 0.271. The summed E-state index contributed by atoms with van der Waals surface area (Å²) in [6.45, 7) is 0.970. The van der Waals surface area contributed by atoms with E-state index in [-0.39, 0.29) is 48.1 Å². The molecule has 9 nitrogen and oxygen atoms in total. The molecule has 0 bridgehead atoms. The molecule has 4 amide bonds. The zero-order valence-electron chi connectivity index (χ0n) is 17.2. The maximum absolute atomic E-state index is 13.0. The van der Waals surface area contributed by atoms with Gasteiger partial charge in [-0.3, -0.25) is 19.2 Å². The summed E-state index contributed by atoms with van der Waals surface area (Å²) in [4.78, 5) is 50.5. The van der Waals surface area contributed by atoms with Crippen molar-refractivity contribution in [3.8, 4) is 5.75 Å². The molecule has 0 saturated carbocycles. The van der Waals surface area contributed by atoms with Crippen LogP contribution in [0, 0.1) is 5.92 Å². The Morgan fingerprint density at radius 3 is 2.45 bits per heavy atom. The van der Waals surface area contributed by atoms with Gasteiger partial charge in [-0.05, 0) is 43.4 Å². The number of amides is 4. The first-order chi connectivity index (χ1) is 14.9. The van der Waals surface area contributed by atoms with Gasteiger partial charge in [0.15, 0.2) is 0 Å². The molecule has 10 heteroatoms. The highest BCUT2D eigenvalue weighted by molar-refractivity contribution is 7.81. The van der Waals surface area contributed by atoms with Gasteiger partial charge in [0.25, 0.3) is 0 Å². The van der Waals surface area contributed by atoms with Crippen LogP contribution in [-0.2, 0) is 19.2 Å². The van der Waals surface area contributed by atoms with Crippen molar-refractivity contribution < 1.29 is 24.3 Å². The number of unbranched alkanes of at least 4 members (excludes halogenated alkanes) is 2. The van der Waals surface area contributed by atoms with Crippen molar-refractivity contribution in [2.45, 2.75) is 37.8 Å². The van der Waals surface area contributed by atoms with Crippen LogP contribution >= 0.6 is 12.6 Å². The van der Waals surface area contributed by atoms with E-state index in [0.29, 0.717) is 18.7 Å². The second-order valence-electron chi connectivity index (χ2n) is 7.77. The zero-order chi connectivity index (χ0) is 22.4. The van der Waals surface area contributed by atoms with Gasteiger partial charge in [-0.1, -0.05) is 12.1 Å². The molecule has 2 fully saturated rings. The number of phenols is 1. The molecule has 0 aliphatic carbocycles. The van der Waals surface area contributed by atoms with Crippen LogP contribution in [0.5, 0.6) is 5.75 Å². The summed E-state index contributed by atoms with van der Waals surface area (Å²) >= 11 is 3.90. The second kappa shape index (κ2) is 10.5. The summed E-state index contributed by atoms with van der Waals surface area (Å²) in [7, 11) is 0. The van der Waals surface area contributed by atoms with Gasteiger partial charge in [0.1, 0.15) is 11.8 Å². The average molecular weight is 449 g/mol. The lowest BCUT2D eigenvalue weighted by Gasteiger charge is -2.34. The number of nitrogens with one attached hydrogen (secondary N) is 3. The van der Waals surface area contributed by atoms with E-state index in [2.05, 4.69) is 28.6 Å². The molecule has 2 aliphatic rings. The fourth-order valence-corrected chi connectivity index (χ4v) is 4.28. The topological polar surface area (TPSA) is 128 Å². The van der Waals surface area contributed by atoms with Gasteiger partial charge in [0.2, 0.25) is 23.6 Å². The number of aromatic hydroxyl groups is 1. The Morgan fingerprint density at radius 2 is 1.77 bits per heavy atom. The fraction of sp³-hybridized carbons (Fsp3) is 0.524. The number of thiol groups is 1. The summed E-state index contributed by atoms with van der Waals surface area (Å²) in [5.74, 6) is -1.07. The summed E-state index contributed by atoms with van der Waals surface area (Å²) in [5, 5.41) is 17.9. The monoisotopic (exact) mass is 448 g/mol. The smallest absolute Gasteiger partial charge is 0.243 e. The van der Waals surface area contributed by atoms with Crippen molar-refractivity contribution in [2.75, 3.05) is 25.4 Å². The van der Waals surface area contributed by atoms with Crippen LogP contribution in [-0.4, -0.2) is 65.1 Å². The predicted octanol–water partition coefficient (Wildman–Crippen LogP) is 0.113. The number of piperazine rings is 1. The highest BCUT2D eigenvalue weighted by Crippen LogP contribution is 2.42. The molecule has 4 N–H and O–H groups in total. The van der Waals surface area contributed by atoms with E-state index < -0.39 is 18.0 Å². The Labute approximate surface area is 186 Å². The number of carbonyl (C=O) groups is 4. The van der Waals surface area contributed by atoms with Crippen molar-refractivity contribution in [2.24, 2.45) is 5.92 Å². The molecular formula is C21H28N4O5S. The van der Waals surface area contributed by atoms with E-state index in [4.69, 9.17) is 0 Å². The van der Waals surface area contributed by atoms with Crippen molar-refractivity contribution >= 4 is 36.3 Å². The highest BCUT2D eigenvalue weighted by Gasteiger charge is 2.51. The summed E-state index contributed by atoms with van der Waals surface area (Å²) in [6, 6.07) is 5.16. The van der Waals surface area contributed by atoms with Gasteiger partial charge in [-0.15, -0.1) is 0 Å². The molecular weight excluding hydrogens is 420 g/mol. The first-order valence-electron chi connectivity index (χ1n) is 10.5. The van der Waals surface area contributed by atoms with Crippen LogP contribution in [0.4, 0.5) is 0 Å². The van der Waals surface area contributed by atoms with E-state index in [1.54, 1.807) is 12.1 Å². The van der Waals surface area contributed by atoms with Crippen molar-refractivity contribution in [3.05, 3.63) is 29.8 Å². The molecule has 0 unspecified atom stereocenters. The van der Waals surface area contributed by atoms with Crippen LogP contribution in [0.15, 0.2) is 24.3 Å². The maximum Gasteiger partial charge on any atom is 0.243 e. The minimum Gasteiger partial charge on any atom is -0.508 e. The van der Waals surface area contributed by atoms with Gasteiger partial charge < -0.3 is 26.0 Å². The lowest BCUT2D eigenvalue weighted by Crippen LogP contribution is -2.56. The predicted molar refractivity (Wildman–Crippen MR) is 116 cm³/mol. The first-order valence-corrected chi connectivity index (χ1v) is 11.1. The van der Waals surface area contributed by atoms with E-state index >= 15 is 0 Å². The van der Waals surface area contributed by atoms with Crippen LogP contribution in [0.25, 0.3) is 0 Å². The Balaban J connectivity index is 1.60. The molecule has 2 saturated heterocycles. The molecule has 3 atom stereocenters. The standard InChI is InChI=1S/C21H28N4O5S/c26-14-6-4-13(5-7-14)19-15(10-16-21(30)24-11-18(28)25(16)19)20(29)23-9-3-1-2-8-22-17(27)12-31/h4-7,15-16,19,26,31H,1-3,8-12H2,(H,22,27)(H,23,29)(H,24,30)/t15-,16-,19-/m1/s1. The molecule has 2 aliphatic heterocycles. The summed E-state index contributed by atoms with van der Waals surface area (Å²) in [6.07, 6.45) is 2.66. The van der Waals surface area contributed by atoms with Gasteiger partial charge >= 0.3 is 0 Å². The number of fused-ring (bicyclic) bond motifs is 1. The number of benzene rings is 1. The lowest BCUT2D eigenvalue weighted by atomic mass is 9.92. The summed E-state index contributed by atoms with van der Waals surface area (Å²) < 4.78 is 0. The Hall–Kier alpha value is -2.75. The molecule has 0 spiro atoms. The Kier molecular flexibility index (Phi) is 7.78. The number of hydrogen-bond donors (Lipinski definition) is 5. The SMILES string of the molecule is O=C(CS)NCCCCCNC(=O)[C@@H]1C[C@@H]2C(=O)NCC(=O)N2[C@@H]1c1ccc(O)cc1. The number of phenolic OH excluding ortho intramolecular Hbond substituents is 1. The molecule has 0 aromatic heterocycles. The van der Waals surface area contributed by atoms with Gasteiger partial charge in [0.05, 0.1) is 24.3 Å². The van der Waals surface area contributed by atoms with Crippen LogP contribution in [0.1, 0.15) is 37.3 Å². The third-order valence-electron chi connectivity index (χ3n) is 5.69. The highest BCUT2D eigenvalue weighted by atomic mass is 32.1. The van der Waals surface area contributed by atoms with E-state index in [9.17, 15) is 24.3 Å². The van der Waals surface area contributed by atoms with Crippen molar-refractivity contribution in [1.29, 1.82) is 0 Å². The third-order valence-corrected chi connectivity index (χ3v) is 5.98. The van der Waals surface area contributed by atoms with Gasteiger partial charge in [0, 0.05) is 13.1 Å². The van der Waals surface area contributed by atoms with Crippen molar-refractivity contribution in [3.63, 3.8) is 0 Å². The molecule has 31 heavy (non-hydrogen) atoms. The minimum atomic E-state index is -0.675. The normalized spacial score (nSPS) is 22.6. The molecule has 3 rings (SSSR count). The van der Waals surface area contributed by atoms with E-state index in [1.807, 2.05) is 0 Å². The molecule has 1 aromatic carbocycles. The Bertz CT molecular complexity index is 832. The molecule has 168 valence electrons. The molecule has 2 heterocycles. The zero-order valence-corrected chi connectivity index (χ0v) is 18.1. The van der Waals surface area contributed by atoms with Gasteiger partial charge in [-0.25, -0.2) is 0 Å². The lowest BCUT2D eigenvalue weighted by molar-refractivity contribution is -0.145. The minimum absolute atomic E-state index is 0.0813. The summed E-state index contributed by atoms with van der Waals surface area (Å²) in [5.41, 5.74) is 0.712. The van der Waals surface area contributed by atoms with Crippen LogP contribution < -0.4 is 16.0 Å². The van der Waals surface area contributed by atoms with E-state index in [1.165, 1.54) is 17.0 Å². The maximum atomic E-state index is 13.0. The first kappa shape index (κ1) is 22.9. The third kappa shape index (κ3) is 5.49. The largest absolute Gasteiger partial charge is 0.508 e. The Morgan fingerprint density at radius 1 is 1.10 bits per heavy atom. The number of nitrogens with zero attached hydrogens (tertiary/aromatic N) is 1. The van der Waals surface area contributed by atoms with Crippen molar-refractivity contribution in [1.82, 2.24) is 20.9 Å². The van der Waals surface area contributed by atoms with Crippen LogP contribution in [0.3, 0.4) is 0 Å². The number of carbonyl (C=O) groups excluding carboxylic acids is 4. The fourth-order valence-electron chi connectivity index (χ4n) is 4.17. The number of rotatable bonds is 9. The number of hydrogen-bond acceptors (Lipinski definition) is 6. The van der Waals surface area contributed by atoms with Crippen LogP contribution in [0.2, 0.25) is 0 Å². The van der Waals surface area contributed by atoms with Gasteiger partial charge in [-0.2, -0.15) is 12.6 Å². The average Bonchev–Trinajstić information content (AvgIpc) is 3.18. The molecule has 0 radical (unpaired) electrons. The molecule has 1 aromatic rings.